The van der Waals surface area contributed by atoms with Crippen molar-refractivity contribution in [3.8, 4) is 5.75 Å². The number of aromatic nitrogens is 2. The number of amides is 2. The van der Waals surface area contributed by atoms with Crippen molar-refractivity contribution in [2.24, 2.45) is 21.5 Å². The number of halogens is 1. The second-order valence-electron chi connectivity index (χ2n) is 11.9. The minimum absolute atomic E-state index is 0.124. The lowest BCUT2D eigenvalue weighted by molar-refractivity contribution is 0.101. The number of anilines is 2. The van der Waals surface area contributed by atoms with Crippen molar-refractivity contribution >= 4 is 46.8 Å². The lowest BCUT2D eigenvalue weighted by Gasteiger charge is -2.08. The van der Waals surface area contributed by atoms with Crippen LogP contribution in [0.1, 0.15) is 57.4 Å². The van der Waals surface area contributed by atoms with Crippen LogP contribution in [0.4, 0.5) is 11.4 Å². The maximum Gasteiger partial charge on any atom is 0.282 e. The van der Waals surface area contributed by atoms with Crippen LogP contribution in [0.25, 0.3) is 0 Å². The standard InChI is InChI=1S/C19H22N4O3.C18H19ClN4O2/c1-2-25-16-9-10-17(21-11-16)18(24)22-14-6-3-13(4-7-14)5-8-15-12-26-19(20)23-15;1-11-8-16(21-9-15(11)19)17(24)22-13-5-2-12(3-6-13)4-7-14-10-25-18(20)23-14/h3-4,6-7,9-11,15H,2,5,8,12H2,1H3,(H2,20,23)(H,22,24);2-3,5-6,8-9,14H,4,7,10H2,1H3,(H2,20,23)(H,22,24)/t15-;14-/m00/s1. The van der Waals surface area contributed by atoms with E-state index in [9.17, 15) is 9.59 Å². The molecule has 6 rings (SSSR count). The minimum Gasteiger partial charge on any atom is -0.492 e. The zero-order chi connectivity index (χ0) is 36.2. The largest absolute Gasteiger partial charge is 0.492 e. The van der Waals surface area contributed by atoms with E-state index in [2.05, 4.69) is 30.6 Å². The van der Waals surface area contributed by atoms with Gasteiger partial charge in [-0.05, 0) is 98.7 Å². The predicted octanol–water partition coefficient (Wildman–Crippen LogP) is 5.32. The molecule has 6 N–H and O–H groups in total. The highest BCUT2D eigenvalue weighted by molar-refractivity contribution is 6.31. The number of rotatable bonds is 12. The molecule has 0 spiro atoms. The number of aryl methyl sites for hydroxylation is 3. The fraction of sp³-hybridized carbons (Fsp3) is 0.297. The zero-order valence-corrected chi connectivity index (χ0v) is 29.2. The molecular formula is C37H41ClN8O5. The van der Waals surface area contributed by atoms with Crippen LogP contribution >= 0.6 is 11.6 Å². The normalized spacial score (nSPS) is 16.1. The predicted molar refractivity (Wildman–Crippen MR) is 198 cm³/mol. The summed E-state index contributed by atoms with van der Waals surface area (Å²) in [4.78, 5) is 41.1. The fourth-order valence-corrected chi connectivity index (χ4v) is 5.27. The highest BCUT2D eigenvalue weighted by atomic mass is 35.5. The molecule has 0 saturated carbocycles. The van der Waals surface area contributed by atoms with Gasteiger partial charge in [0, 0.05) is 17.6 Å². The quantitative estimate of drug-likeness (QED) is 0.151. The van der Waals surface area contributed by atoms with Gasteiger partial charge in [-0.1, -0.05) is 35.9 Å². The summed E-state index contributed by atoms with van der Waals surface area (Å²) >= 11 is 5.93. The molecule has 0 unspecified atom stereocenters. The van der Waals surface area contributed by atoms with E-state index in [1.807, 2.05) is 62.4 Å². The van der Waals surface area contributed by atoms with Crippen molar-refractivity contribution in [2.45, 2.75) is 51.6 Å². The summed E-state index contributed by atoms with van der Waals surface area (Å²) in [5.41, 5.74) is 16.3. The molecule has 2 aromatic carbocycles. The molecule has 0 radical (unpaired) electrons. The third kappa shape index (κ3) is 11.2. The number of benzene rings is 2. The minimum atomic E-state index is -0.263. The van der Waals surface area contributed by atoms with E-state index < -0.39 is 0 Å². The zero-order valence-electron chi connectivity index (χ0n) is 28.5. The van der Waals surface area contributed by atoms with Gasteiger partial charge in [-0.15, -0.1) is 0 Å². The Morgan fingerprint density at radius 1 is 0.784 bits per heavy atom. The van der Waals surface area contributed by atoms with Crippen LogP contribution in [-0.4, -0.2) is 65.7 Å². The summed E-state index contributed by atoms with van der Waals surface area (Å²) in [6, 6.07) is 21.3. The van der Waals surface area contributed by atoms with Gasteiger partial charge in [0.05, 0.1) is 29.9 Å². The number of pyridine rings is 2. The Balaban J connectivity index is 0.000000198. The molecule has 0 bridgehead atoms. The Labute approximate surface area is 301 Å². The average Bonchev–Trinajstić information content (AvgIpc) is 3.76. The highest BCUT2D eigenvalue weighted by Crippen LogP contribution is 2.19. The molecule has 0 fully saturated rings. The molecule has 2 atom stereocenters. The molecule has 0 aliphatic carbocycles. The van der Waals surface area contributed by atoms with Crippen LogP contribution in [0.3, 0.4) is 0 Å². The average molecular weight is 713 g/mol. The number of hydrogen-bond acceptors (Lipinski definition) is 11. The van der Waals surface area contributed by atoms with Crippen LogP contribution in [-0.2, 0) is 22.3 Å². The number of nitrogens with zero attached hydrogens (tertiary/aromatic N) is 4. The molecule has 0 saturated heterocycles. The first-order chi connectivity index (χ1) is 24.6. The number of ether oxygens (including phenoxy) is 3. The molecular weight excluding hydrogens is 672 g/mol. The number of aliphatic imine (C=N–C) groups is 2. The van der Waals surface area contributed by atoms with Crippen molar-refractivity contribution < 1.29 is 23.8 Å². The van der Waals surface area contributed by atoms with E-state index in [1.54, 1.807) is 24.4 Å². The molecule has 2 aliphatic rings. The van der Waals surface area contributed by atoms with E-state index in [-0.39, 0.29) is 35.9 Å². The van der Waals surface area contributed by atoms with Gasteiger partial charge in [0.2, 0.25) is 0 Å². The smallest absolute Gasteiger partial charge is 0.282 e. The van der Waals surface area contributed by atoms with Crippen LogP contribution in [0.5, 0.6) is 5.75 Å². The Bertz CT molecular complexity index is 1850. The van der Waals surface area contributed by atoms with Gasteiger partial charge >= 0.3 is 0 Å². The number of hydrogen-bond donors (Lipinski definition) is 4. The second-order valence-corrected chi connectivity index (χ2v) is 12.3. The van der Waals surface area contributed by atoms with Crippen molar-refractivity contribution in [3.05, 3.63) is 112 Å². The maximum atomic E-state index is 12.2. The number of nitrogens with two attached hydrogens (primary N) is 2. The summed E-state index contributed by atoms with van der Waals surface area (Å²) in [6.45, 7) is 5.40. The molecule has 51 heavy (non-hydrogen) atoms. The molecule has 2 aliphatic heterocycles. The van der Waals surface area contributed by atoms with Crippen LogP contribution in [0.2, 0.25) is 5.02 Å². The summed E-state index contributed by atoms with van der Waals surface area (Å²) in [5, 5.41) is 6.21. The lowest BCUT2D eigenvalue weighted by Crippen LogP contribution is -2.14. The monoisotopic (exact) mass is 712 g/mol. The Morgan fingerprint density at radius 3 is 1.73 bits per heavy atom. The third-order valence-corrected chi connectivity index (χ3v) is 8.38. The Morgan fingerprint density at radius 2 is 1.29 bits per heavy atom. The van der Waals surface area contributed by atoms with Crippen molar-refractivity contribution in [2.75, 3.05) is 30.5 Å². The highest BCUT2D eigenvalue weighted by Gasteiger charge is 2.17. The van der Waals surface area contributed by atoms with Crippen LogP contribution < -0.4 is 26.8 Å². The van der Waals surface area contributed by atoms with E-state index in [0.29, 0.717) is 42.0 Å². The first kappa shape index (κ1) is 36.6. The molecule has 4 heterocycles. The summed E-state index contributed by atoms with van der Waals surface area (Å²) in [5.74, 6) is 0.126. The summed E-state index contributed by atoms with van der Waals surface area (Å²) in [6.07, 6.45) is 6.53. The SMILES string of the molecule is CCOc1ccc(C(=O)Nc2ccc(CC[C@H]3COC(N)=N3)cc2)nc1.Cc1cc(C(=O)Nc2ccc(CC[C@H]3COC(N)=N3)cc2)ncc1Cl. The van der Waals surface area contributed by atoms with Gasteiger partial charge in [-0.2, -0.15) is 0 Å². The van der Waals surface area contributed by atoms with Crippen molar-refractivity contribution in [1.82, 2.24) is 9.97 Å². The molecule has 2 aromatic heterocycles. The van der Waals surface area contributed by atoms with E-state index >= 15 is 0 Å². The summed E-state index contributed by atoms with van der Waals surface area (Å²) < 4.78 is 15.6. The van der Waals surface area contributed by atoms with Crippen molar-refractivity contribution in [1.29, 1.82) is 0 Å². The third-order valence-electron chi connectivity index (χ3n) is 7.98. The van der Waals surface area contributed by atoms with Crippen LogP contribution in [0, 0.1) is 6.92 Å². The maximum absolute atomic E-state index is 12.2. The first-order valence-electron chi connectivity index (χ1n) is 16.6. The van der Waals surface area contributed by atoms with E-state index in [0.717, 1.165) is 42.6 Å². The Kier molecular flexibility index (Phi) is 12.8. The number of nitrogens with one attached hydrogen (secondary N) is 2. The van der Waals surface area contributed by atoms with Crippen molar-refractivity contribution in [3.63, 3.8) is 0 Å². The molecule has 2 amide bonds. The molecule has 266 valence electrons. The Hall–Kier alpha value is -5.69. The lowest BCUT2D eigenvalue weighted by atomic mass is 10.1. The molecule has 14 heteroatoms. The molecule has 4 aromatic rings. The van der Waals surface area contributed by atoms with E-state index in [4.69, 9.17) is 37.3 Å². The summed E-state index contributed by atoms with van der Waals surface area (Å²) in [7, 11) is 0. The number of carbonyl (C=O) groups is 2. The van der Waals surface area contributed by atoms with E-state index in [1.165, 1.54) is 17.3 Å². The fourth-order valence-electron chi connectivity index (χ4n) is 5.16. The van der Waals surface area contributed by atoms with Gasteiger partial charge < -0.3 is 36.3 Å². The van der Waals surface area contributed by atoms with Gasteiger partial charge in [0.25, 0.3) is 23.9 Å². The second kappa shape index (κ2) is 17.8. The first-order valence-corrected chi connectivity index (χ1v) is 17.0. The topological polar surface area (TPSA) is 188 Å². The van der Waals surface area contributed by atoms with Gasteiger partial charge in [0.15, 0.2) is 0 Å². The molecule has 13 nitrogen and oxygen atoms in total. The number of amidine groups is 2. The number of carbonyl (C=O) groups excluding carboxylic acids is 2. The van der Waals surface area contributed by atoms with Gasteiger partial charge in [-0.3, -0.25) is 9.59 Å². The van der Waals surface area contributed by atoms with Gasteiger partial charge in [-0.25, -0.2) is 20.0 Å². The van der Waals surface area contributed by atoms with Gasteiger partial charge in [0.1, 0.15) is 30.4 Å². The van der Waals surface area contributed by atoms with Crippen LogP contribution in [0.15, 0.2) is 89.1 Å².